The largest absolute Gasteiger partial charge is 0.462 e. The highest BCUT2D eigenvalue weighted by Gasteiger charge is 2.22. The number of benzene rings is 1. The number of carbonyl (C=O) groups excluding carboxylic acids is 1. The highest BCUT2D eigenvalue weighted by atomic mass is 35.5. The molecule has 114 valence electrons. The lowest BCUT2D eigenvalue weighted by Gasteiger charge is -2.21. The number of hydrogen-bond acceptors (Lipinski definition) is 5. The summed E-state index contributed by atoms with van der Waals surface area (Å²) >= 11 is 11.5. The first-order chi connectivity index (χ1) is 9.99. The second kappa shape index (κ2) is 7.06. The van der Waals surface area contributed by atoms with E-state index in [0.717, 1.165) is 18.9 Å². The van der Waals surface area contributed by atoms with Crippen molar-refractivity contribution in [3.63, 3.8) is 0 Å². The predicted molar refractivity (Wildman–Crippen MR) is 76.9 cm³/mol. The van der Waals surface area contributed by atoms with Crippen molar-refractivity contribution in [2.75, 3.05) is 19.8 Å². The number of esters is 1. The van der Waals surface area contributed by atoms with Crippen LogP contribution in [0.3, 0.4) is 0 Å². The van der Waals surface area contributed by atoms with E-state index in [4.69, 9.17) is 32.7 Å². The Morgan fingerprint density at radius 2 is 2.05 bits per heavy atom. The molecule has 0 aliphatic carbocycles. The third-order valence-electron chi connectivity index (χ3n) is 3.23. The zero-order valence-electron chi connectivity index (χ0n) is 11.0. The molecule has 0 bridgehead atoms. The summed E-state index contributed by atoms with van der Waals surface area (Å²) in [7, 11) is 0. The molecule has 0 radical (unpaired) electrons. The van der Waals surface area contributed by atoms with Crippen LogP contribution in [0.25, 0.3) is 0 Å². The van der Waals surface area contributed by atoms with Crippen LogP contribution in [0.4, 0.5) is 5.69 Å². The van der Waals surface area contributed by atoms with Gasteiger partial charge >= 0.3 is 5.97 Å². The number of halogens is 2. The van der Waals surface area contributed by atoms with Gasteiger partial charge < -0.3 is 9.47 Å². The summed E-state index contributed by atoms with van der Waals surface area (Å²) in [6, 6.07) is 2.34. The van der Waals surface area contributed by atoms with Gasteiger partial charge in [0.15, 0.2) is 0 Å². The molecule has 6 nitrogen and oxygen atoms in total. The SMILES string of the molecule is O=C(OCC1CCOCC1)c1cc(Cl)c(Cl)c([N+](=O)[O-])c1. The minimum Gasteiger partial charge on any atom is -0.462 e. The van der Waals surface area contributed by atoms with Gasteiger partial charge in [0.2, 0.25) is 0 Å². The Morgan fingerprint density at radius 1 is 1.38 bits per heavy atom. The van der Waals surface area contributed by atoms with E-state index in [2.05, 4.69) is 0 Å². The Bertz CT molecular complexity index is 558. The van der Waals surface area contributed by atoms with Gasteiger partial charge in [0.25, 0.3) is 5.69 Å². The van der Waals surface area contributed by atoms with E-state index in [0.29, 0.717) is 13.2 Å². The molecule has 0 amide bonds. The number of nitro groups is 1. The number of ether oxygens (including phenoxy) is 2. The first kappa shape index (κ1) is 16.0. The van der Waals surface area contributed by atoms with E-state index in [1.54, 1.807) is 0 Å². The molecule has 2 rings (SSSR count). The third kappa shape index (κ3) is 4.06. The molecule has 0 atom stereocenters. The Hall–Kier alpha value is -1.37. The van der Waals surface area contributed by atoms with Crippen molar-refractivity contribution in [3.05, 3.63) is 37.9 Å². The molecule has 0 N–H and O–H groups in total. The van der Waals surface area contributed by atoms with Crippen LogP contribution in [0.15, 0.2) is 12.1 Å². The summed E-state index contributed by atoms with van der Waals surface area (Å²) < 4.78 is 10.4. The van der Waals surface area contributed by atoms with Crippen molar-refractivity contribution >= 4 is 34.9 Å². The first-order valence-electron chi connectivity index (χ1n) is 6.37. The molecule has 1 aliphatic heterocycles. The summed E-state index contributed by atoms with van der Waals surface area (Å²) in [6.07, 6.45) is 1.66. The quantitative estimate of drug-likeness (QED) is 0.478. The van der Waals surface area contributed by atoms with Gasteiger partial charge in [-0.05, 0) is 24.8 Å². The zero-order valence-corrected chi connectivity index (χ0v) is 12.5. The fraction of sp³-hybridized carbons (Fsp3) is 0.462. The van der Waals surface area contributed by atoms with Gasteiger partial charge in [-0.3, -0.25) is 10.1 Å². The number of carbonyl (C=O) groups is 1. The number of nitrogens with zero attached hydrogens (tertiary/aromatic N) is 1. The number of rotatable bonds is 4. The third-order valence-corrected chi connectivity index (χ3v) is 4.02. The standard InChI is InChI=1S/C13H13Cl2NO5/c14-10-5-9(6-11(12(10)15)16(18)19)13(17)21-7-8-1-3-20-4-2-8/h5-6,8H,1-4,7H2. The summed E-state index contributed by atoms with van der Waals surface area (Å²) in [5.74, 6) is -0.399. The summed E-state index contributed by atoms with van der Waals surface area (Å²) in [4.78, 5) is 22.1. The Morgan fingerprint density at radius 3 is 2.67 bits per heavy atom. The van der Waals surface area contributed by atoms with Crippen LogP contribution in [-0.4, -0.2) is 30.7 Å². The molecule has 0 unspecified atom stereocenters. The molecule has 1 aliphatic rings. The second-order valence-electron chi connectivity index (χ2n) is 4.70. The van der Waals surface area contributed by atoms with Gasteiger partial charge in [0, 0.05) is 19.3 Å². The van der Waals surface area contributed by atoms with E-state index in [1.807, 2.05) is 0 Å². The van der Waals surface area contributed by atoms with Gasteiger partial charge in [0.1, 0.15) is 5.02 Å². The average molecular weight is 334 g/mol. The fourth-order valence-corrected chi connectivity index (χ4v) is 2.41. The number of hydrogen-bond donors (Lipinski definition) is 0. The van der Waals surface area contributed by atoms with Crippen molar-refractivity contribution in [2.24, 2.45) is 5.92 Å². The van der Waals surface area contributed by atoms with Crippen molar-refractivity contribution in [1.29, 1.82) is 0 Å². The second-order valence-corrected chi connectivity index (χ2v) is 5.49. The smallest absolute Gasteiger partial charge is 0.338 e. The van der Waals surface area contributed by atoms with E-state index in [-0.39, 0.29) is 28.1 Å². The lowest BCUT2D eigenvalue weighted by molar-refractivity contribution is -0.384. The Labute approximate surface area is 131 Å². The topological polar surface area (TPSA) is 78.7 Å². The highest BCUT2D eigenvalue weighted by Crippen LogP contribution is 2.33. The number of nitro benzene ring substituents is 1. The molecule has 0 aromatic heterocycles. The minimum atomic E-state index is -0.691. The van der Waals surface area contributed by atoms with Crippen LogP contribution < -0.4 is 0 Å². The van der Waals surface area contributed by atoms with E-state index in [9.17, 15) is 14.9 Å². The molecule has 0 spiro atoms. The van der Waals surface area contributed by atoms with Crippen LogP contribution in [0.5, 0.6) is 0 Å². The molecule has 0 saturated carbocycles. The van der Waals surface area contributed by atoms with E-state index in [1.165, 1.54) is 6.07 Å². The highest BCUT2D eigenvalue weighted by molar-refractivity contribution is 6.43. The minimum absolute atomic E-state index is 0.0168. The average Bonchev–Trinajstić information content (AvgIpc) is 2.48. The summed E-state index contributed by atoms with van der Waals surface area (Å²) in [6.45, 7) is 1.57. The Kier molecular flexibility index (Phi) is 5.39. The normalized spacial score (nSPS) is 15.7. The van der Waals surface area contributed by atoms with Crippen LogP contribution in [0, 0.1) is 16.0 Å². The summed E-state index contributed by atoms with van der Waals surface area (Å²) in [5.41, 5.74) is -0.398. The molecule has 1 saturated heterocycles. The fourth-order valence-electron chi connectivity index (χ4n) is 2.02. The molecular formula is C13H13Cl2NO5. The maximum absolute atomic E-state index is 11.9. The molecule has 1 aromatic carbocycles. The molecule has 8 heteroatoms. The summed E-state index contributed by atoms with van der Waals surface area (Å²) in [5, 5.41) is 10.6. The van der Waals surface area contributed by atoms with E-state index >= 15 is 0 Å². The molecule has 1 heterocycles. The molecular weight excluding hydrogens is 321 g/mol. The predicted octanol–water partition coefficient (Wildman–Crippen LogP) is 3.49. The van der Waals surface area contributed by atoms with E-state index < -0.39 is 16.6 Å². The van der Waals surface area contributed by atoms with Crippen LogP contribution >= 0.6 is 23.2 Å². The van der Waals surface area contributed by atoms with Gasteiger partial charge in [-0.25, -0.2) is 4.79 Å². The van der Waals surface area contributed by atoms with Gasteiger partial charge in [0.05, 0.1) is 22.1 Å². The molecule has 1 aromatic rings. The lowest BCUT2D eigenvalue weighted by atomic mass is 10.0. The van der Waals surface area contributed by atoms with Crippen LogP contribution in [0.1, 0.15) is 23.2 Å². The molecule has 1 fully saturated rings. The molecule has 21 heavy (non-hydrogen) atoms. The van der Waals surface area contributed by atoms with Crippen molar-refractivity contribution in [2.45, 2.75) is 12.8 Å². The van der Waals surface area contributed by atoms with Crippen LogP contribution in [0.2, 0.25) is 10.0 Å². The van der Waals surface area contributed by atoms with Crippen molar-refractivity contribution < 1.29 is 19.2 Å². The van der Waals surface area contributed by atoms with Gasteiger partial charge in [-0.2, -0.15) is 0 Å². The van der Waals surface area contributed by atoms with Crippen molar-refractivity contribution in [3.8, 4) is 0 Å². The van der Waals surface area contributed by atoms with Gasteiger partial charge in [-0.15, -0.1) is 0 Å². The lowest BCUT2D eigenvalue weighted by Crippen LogP contribution is -2.22. The first-order valence-corrected chi connectivity index (χ1v) is 7.13. The van der Waals surface area contributed by atoms with Gasteiger partial charge in [-0.1, -0.05) is 23.2 Å². The van der Waals surface area contributed by atoms with Crippen molar-refractivity contribution in [1.82, 2.24) is 0 Å². The monoisotopic (exact) mass is 333 g/mol. The maximum atomic E-state index is 11.9. The maximum Gasteiger partial charge on any atom is 0.338 e. The van der Waals surface area contributed by atoms with Crippen LogP contribution in [-0.2, 0) is 9.47 Å². The Balaban J connectivity index is 2.06. The zero-order chi connectivity index (χ0) is 15.4.